The second-order valence-electron chi connectivity index (χ2n) is 16.0. The number of likely N-dealkylation sites (tertiary alicyclic amines) is 3. The normalized spacial score (nSPS) is 20.6. The first-order valence-electron chi connectivity index (χ1n) is 20.3. The van der Waals surface area contributed by atoms with E-state index in [1.165, 1.54) is 11.0 Å². The lowest BCUT2D eigenvalue weighted by atomic mass is 9.94. The van der Waals surface area contributed by atoms with Gasteiger partial charge in [0.2, 0.25) is 0 Å². The summed E-state index contributed by atoms with van der Waals surface area (Å²) >= 11 is 6.15. The first-order valence-corrected chi connectivity index (χ1v) is 20.7. The summed E-state index contributed by atoms with van der Waals surface area (Å²) in [5.41, 5.74) is 5.80. The fourth-order valence-electron chi connectivity index (χ4n) is 8.63. The summed E-state index contributed by atoms with van der Waals surface area (Å²) in [6.45, 7) is 3.55. The van der Waals surface area contributed by atoms with Crippen LogP contribution in [0.15, 0.2) is 36.4 Å². The summed E-state index contributed by atoms with van der Waals surface area (Å²) in [5, 5.41) is 2.66. The van der Waals surface area contributed by atoms with Gasteiger partial charge in [-0.15, -0.1) is 0 Å². The number of nitrogens with zero attached hydrogens (tertiary/aromatic N) is 5. The molecule has 0 saturated carbocycles. The Hall–Kier alpha value is -4.28. The first kappa shape index (κ1) is 43.3. The van der Waals surface area contributed by atoms with Gasteiger partial charge in [0.25, 0.3) is 5.91 Å². The number of rotatable bonds is 11. The number of alkyl halides is 3. The van der Waals surface area contributed by atoms with Gasteiger partial charge >= 0.3 is 24.3 Å². The Balaban J connectivity index is 1.11. The highest BCUT2D eigenvalue weighted by molar-refractivity contribution is 6.33. The first-order chi connectivity index (χ1) is 27.7. The van der Waals surface area contributed by atoms with Crippen LogP contribution in [0.4, 0.5) is 34.1 Å². The highest BCUT2D eigenvalue weighted by Crippen LogP contribution is 2.38. The molecule has 3 saturated heterocycles. The van der Waals surface area contributed by atoms with Crippen LogP contribution in [0, 0.1) is 0 Å². The predicted molar refractivity (Wildman–Crippen MR) is 213 cm³/mol. The molecule has 58 heavy (non-hydrogen) atoms. The number of esters is 1. The molecule has 0 spiro atoms. The molecular weight excluding hydrogens is 779 g/mol. The van der Waals surface area contributed by atoms with Crippen LogP contribution >= 0.6 is 11.6 Å². The van der Waals surface area contributed by atoms with Crippen LogP contribution in [0.3, 0.4) is 0 Å². The number of anilines is 2. The molecule has 2 atom stereocenters. The highest BCUT2D eigenvalue weighted by Gasteiger charge is 2.40. The molecule has 4 aliphatic rings. The van der Waals surface area contributed by atoms with Gasteiger partial charge in [-0.05, 0) is 101 Å². The number of nitrogens with two attached hydrogens (primary N) is 1. The Bertz CT molecular complexity index is 1780. The number of halogens is 4. The fourth-order valence-corrected chi connectivity index (χ4v) is 8.87. The van der Waals surface area contributed by atoms with Crippen LogP contribution in [0.25, 0.3) is 0 Å². The topological polar surface area (TPSA) is 141 Å². The zero-order chi connectivity index (χ0) is 41.6. The number of carbonyl (C=O) groups excluding carboxylic acids is 4. The van der Waals surface area contributed by atoms with Crippen LogP contribution < -0.4 is 11.1 Å². The number of amides is 4. The average Bonchev–Trinajstić information content (AvgIpc) is 3.37. The number of benzene rings is 2. The summed E-state index contributed by atoms with van der Waals surface area (Å²) in [6.07, 6.45) is -1.29. The van der Waals surface area contributed by atoms with Gasteiger partial charge in [0.05, 0.1) is 22.9 Å². The number of para-hydroxylation sites is 1. The molecule has 318 valence electrons. The number of urea groups is 1. The number of nitrogen functional groups attached to an aromatic ring is 1. The molecular formula is C41H55ClF3N7O6. The molecule has 6 rings (SSSR count). The van der Waals surface area contributed by atoms with Crippen molar-refractivity contribution in [2.24, 2.45) is 0 Å². The zero-order valence-electron chi connectivity index (χ0n) is 33.3. The van der Waals surface area contributed by atoms with Crippen molar-refractivity contribution < 1.29 is 41.8 Å². The van der Waals surface area contributed by atoms with Gasteiger partial charge in [0.15, 0.2) is 6.10 Å². The second kappa shape index (κ2) is 19.2. The van der Waals surface area contributed by atoms with E-state index in [0.717, 1.165) is 49.7 Å². The molecule has 0 aliphatic carbocycles. The fraction of sp³-hybridized carbons (Fsp3) is 0.610. The van der Waals surface area contributed by atoms with Gasteiger partial charge in [-0.1, -0.05) is 36.2 Å². The van der Waals surface area contributed by atoms with Crippen LogP contribution in [0.5, 0.6) is 0 Å². The maximum atomic E-state index is 14.2. The van der Waals surface area contributed by atoms with Gasteiger partial charge in [0, 0.05) is 63.5 Å². The molecule has 13 nitrogen and oxygen atoms in total. The average molecular weight is 834 g/mol. The van der Waals surface area contributed by atoms with Crippen molar-refractivity contribution in [1.82, 2.24) is 24.5 Å². The number of carbonyl (C=O) groups is 4. The van der Waals surface area contributed by atoms with Crippen molar-refractivity contribution in [2.75, 3.05) is 77.6 Å². The monoisotopic (exact) mass is 833 g/mol. The van der Waals surface area contributed by atoms with E-state index in [0.29, 0.717) is 64.8 Å². The Kier molecular flexibility index (Phi) is 14.3. The van der Waals surface area contributed by atoms with Crippen LogP contribution in [0.2, 0.25) is 5.02 Å². The standard InChI is InChI=1S/C41H55ClF3N7O6/c1-48(2)16-7-23-57-38(54)34-10-5-6-17-51(34)29-12-18-49(19-13-29)37(53)35(26-27-24-31(41(43,44)45)36(46)32(42)25-27)58-40(56)50-20-14-30(15-21-50)52-22-11-28-8-3-4-9-33(28)47-39(52)55/h3-4,8-9,24-25,29-30,34-35H,5-7,10-23,26,46H2,1-2H3,(H,47,55)/t34-,35+/m0/s1. The van der Waals surface area contributed by atoms with Crippen LogP contribution in [-0.4, -0.2) is 139 Å². The molecule has 17 heteroatoms. The minimum absolute atomic E-state index is 0.0247. The van der Waals surface area contributed by atoms with Crippen LogP contribution in [-0.2, 0) is 38.1 Å². The number of hydrogen-bond acceptors (Lipinski definition) is 9. The lowest BCUT2D eigenvalue weighted by molar-refractivity contribution is -0.154. The summed E-state index contributed by atoms with van der Waals surface area (Å²) in [4.78, 5) is 63.4. The third-order valence-corrected chi connectivity index (χ3v) is 12.1. The van der Waals surface area contributed by atoms with E-state index in [2.05, 4.69) is 10.2 Å². The van der Waals surface area contributed by atoms with Crippen molar-refractivity contribution in [2.45, 2.75) is 94.6 Å². The lowest BCUT2D eigenvalue weighted by Gasteiger charge is -2.44. The number of piperidine rings is 3. The summed E-state index contributed by atoms with van der Waals surface area (Å²) in [6, 6.07) is 9.10. The number of hydrogen-bond donors (Lipinski definition) is 2. The molecule has 2 aromatic carbocycles. The Labute approximate surface area is 342 Å². The Morgan fingerprint density at radius 2 is 1.64 bits per heavy atom. The van der Waals surface area contributed by atoms with Gasteiger partial charge in [-0.3, -0.25) is 14.5 Å². The zero-order valence-corrected chi connectivity index (χ0v) is 34.0. The van der Waals surface area contributed by atoms with Crippen molar-refractivity contribution in [1.29, 1.82) is 0 Å². The van der Waals surface area contributed by atoms with Gasteiger partial charge in [-0.2, -0.15) is 13.2 Å². The number of nitrogens with one attached hydrogen (secondary N) is 1. The number of fused-ring (bicyclic) bond motifs is 1. The quantitative estimate of drug-likeness (QED) is 0.161. The highest BCUT2D eigenvalue weighted by atomic mass is 35.5. The van der Waals surface area contributed by atoms with Crippen molar-refractivity contribution in [3.63, 3.8) is 0 Å². The molecule has 3 N–H and O–H groups in total. The Morgan fingerprint density at radius 3 is 2.34 bits per heavy atom. The van der Waals surface area contributed by atoms with E-state index in [4.69, 9.17) is 26.8 Å². The third-order valence-electron chi connectivity index (χ3n) is 11.8. The van der Waals surface area contributed by atoms with Crippen LogP contribution in [0.1, 0.15) is 68.1 Å². The molecule has 0 aromatic heterocycles. The minimum Gasteiger partial charge on any atom is -0.464 e. The van der Waals surface area contributed by atoms with Crippen molar-refractivity contribution in [3.05, 3.63) is 58.1 Å². The third kappa shape index (κ3) is 10.7. The van der Waals surface area contributed by atoms with E-state index < -0.39 is 35.5 Å². The maximum absolute atomic E-state index is 14.2. The molecule has 0 bridgehead atoms. The molecule has 3 fully saturated rings. The molecule has 0 unspecified atom stereocenters. The predicted octanol–water partition coefficient (Wildman–Crippen LogP) is 5.88. The van der Waals surface area contributed by atoms with Crippen molar-refractivity contribution in [3.8, 4) is 0 Å². The SMILES string of the molecule is CN(C)CCCOC(=O)[C@@H]1CCCCN1C1CCN(C(=O)[C@@H](Cc2cc(Cl)c(N)c(C(F)(F)F)c2)OC(=O)N2CCC(N3CCc4ccccc4NC3=O)CC2)CC1. The van der Waals surface area contributed by atoms with E-state index in [1.54, 1.807) is 9.80 Å². The second-order valence-corrected chi connectivity index (χ2v) is 16.4. The summed E-state index contributed by atoms with van der Waals surface area (Å²) in [7, 11) is 3.93. The smallest absolute Gasteiger partial charge is 0.418 e. The van der Waals surface area contributed by atoms with E-state index >= 15 is 0 Å². The molecule has 4 aliphatic heterocycles. The van der Waals surface area contributed by atoms with Gasteiger partial charge in [0.1, 0.15) is 6.04 Å². The maximum Gasteiger partial charge on any atom is 0.418 e. The van der Waals surface area contributed by atoms with Crippen molar-refractivity contribution >= 4 is 47.0 Å². The molecule has 4 amide bonds. The largest absolute Gasteiger partial charge is 0.464 e. The summed E-state index contributed by atoms with van der Waals surface area (Å²) in [5.74, 6) is -0.756. The molecule has 2 aromatic rings. The van der Waals surface area contributed by atoms with Gasteiger partial charge in [-0.25, -0.2) is 9.59 Å². The minimum atomic E-state index is -4.80. The van der Waals surface area contributed by atoms with E-state index in [1.807, 2.05) is 43.3 Å². The van der Waals surface area contributed by atoms with E-state index in [-0.39, 0.29) is 60.2 Å². The number of ether oxygens (including phenoxy) is 2. The van der Waals surface area contributed by atoms with Gasteiger partial charge < -0.3 is 40.1 Å². The summed E-state index contributed by atoms with van der Waals surface area (Å²) < 4.78 is 53.4. The molecule has 4 heterocycles. The lowest BCUT2D eigenvalue weighted by Crippen LogP contribution is -2.56. The Morgan fingerprint density at radius 1 is 0.948 bits per heavy atom. The molecule has 0 radical (unpaired) electrons. The van der Waals surface area contributed by atoms with E-state index in [9.17, 15) is 32.3 Å².